The monoisotopic (exact) mass is 384 g/mol. The Balaban J connectivity index is 2.33. The van der Waals surface area contributed by atoms with E-state index < -0.39 is 10.0 Å². The zero-order chi connectivity index (χ0) is 15.8. The fraction of sp³-hybridized carbons (Fsp3) is 0.167. The molecule has 0 aliphatic rings. The maximum Gasteiger partial charge on any atom is 0.238 e. The number of rotatable bonds is 4. The Hall–Kier alpha value is -0.500. The Morgan fingerprint density at radius 3 is 2.43 bits per heavy atom. The Bertz CT molecular complexity index is 775. The van der Waals surface area contributed by atoms with Gasteiger partial charge in [-0.05, 0) is 31.2 Å². The molecule has 0 spiro atoms. The quantitative estimate of drug-likeness (QED) is 0.812. The van der Waals surface area contributed by atoms with Crippen LogP contribution in [0.2, 0.25) is 13.7 Å². The summed E-state index contributed by atoms with van der Waals surface area (Å²) in [6.07, 6.45) is 0. The van der Waals surface area contributed by atoms with Crippen LogP contribution in [-0.2, 0) is 10.0 Å². The first-order valence-corrected chi connectivity index (χ1v) is 9.22. The van der Waals surface area contributed by atoms with Crippen LogP contribution >= 0.6 is 46.1 Å². The first kappa shape index (κ1) is 16.9. The number of hydrogen-bond donors (Lipinski definition) is 2. The topological polar surface area (TPSA) is 72.2 Å². The summed E-state index contributed by atoms with van der Waals surface area (Å²) in [4.78, 5) is -0.0175. The maximum absolute atomic E-state index is 11.4. The van der Waals surface area contributed by atoms with Gasteiger partial charge in [0.25, 0.3) is 0 Å². The number of nitrogens with one attached hydrogen (secondary N) is 1. The Labute approximate surface area is 141 Å². The standard InChI is InChI=1S/C12H11Cl3N2O2S2/c1-6(8-5-11(14)20-12(8)15)17-10-4-7(21(16,18)19)2-3-9(10)13/h2-6,17H,1H3,(H2,16,18,19). The van der Waals surface area contributed by atoms with Gasteiger partial charge in [0.05, 0.1) is 30.3 Å². The molecule has 4 nitrogen and oxygen atoms in total. The first-order chi connectivity index (χ1) is 9.68. The molecule has 2 aromatic rings. The number of primary sulfonamides is 1. The highest BCUT2D eigenvalue weighted by atomic mass is 35.5. The Morgan fingerprint density at radius 2 is 1.90 bits per heavy atom. The van der Waals surface area contributed by atoms with Gasteiger partial charge in [-0.1, -0.05) is 34.8 Å². The van der Waals surface area contributed by atoms with Crippen molar-refractivity contribution in [3.05, 3.63) is 43.5 Å². The molecule has 0 fully saturated rings. The predicted molar refractivity (Wildman–Crippen MR) is 89.2 cm³/mol. The second-order valence-electron chi connectivity index (χ2n) is 4.33. The average Bonchev–Trinajstić information content (AvgIpc) is 2.70. The van der Waals surface area contributed by atoms with E-state index in [1.54, 1.807) is 6.07 Å². The van der Waals surface area contributed by atoms with E-state index in [9.17, 15) is 8.42 Å². The van der Waals surface area contributed by atoms with Crippen molar-refractivity contribution in [1.82, 2.24) is 0 Å². The minimum absolute atomic E-state index is 0.0175. The van der Waals surface area contributed by atoms with E-state index in [1.165, 1.54) is 29.5 Å². The molecular weight excluding hydrogens is 375 g/mol. The number of nitrogens with two attached hydrogens (primary N) is 1. The number of thiophene rings is 1. The first-order valence-electron chi connectivity index (χ1n) is 5.72. The van der Waals surface area contributed by atoms with E-state index in [2.05, 4.69) is 5.32 Å². The summed E-state index contributed by atoms with van der Waals surface area (Å²) in [5.41, 5.74) is 1.26. The second kappa shape index (κ2) is 6.32. The summed E-state index contributed by atoms with van der Waals surface area (Å²) in [5, 5.41) is 8.60. The highest BCUT2D eigenvalue weighted by Gasteiger charge is 2.16. The SMILES string of the molecule is CC(Nc1cc(S(N)(=O)=O)ccc1Cl)c1cc(Cl)sc1Cl. The van der Waals surface area contributed by atoms with Crippen LogP contribution in [0, 0.1) is 0 Å². The van der Waals surface area contributed by atoms with Crippen molar-refractivity contribution in [2.24, 2.45) is 5.14 Å². The third kappa shape index (κ3) is 4.03. The molecule has 114 valence electrons. The van der Waals surface area contributed by atoms with Crippen LogP contribution in [0.1, 0.15) is 18.5 Å². The van der Waals surface area contributed by atoms with E-state index in [4.69, 9.17) is 39.9 Å². The fourth-order valence-electron chi connectivity index (χ4n) is 1.75. The van der Waals surface area contributed by atoms with Crippen molar-refractivity contribution in [3.63, 3.8) is 0 Å². The molecule has 0 aliphatic carbocycles. The minimum atomic E-state index is -3.79. The molecule has 0 bridgehead atoms. The maximum atomic E-state index is 11.4. The molecular formula is C12H11Cl3N2O2S2. The highest BCUT2D eigenvalue weighted by molar-refractivity contribution is 7.89. The van der Waals surface area contributed by atoms with E-state index in [-0.39, 0.29) is 10.9 Å². The summed E-state index contributed by atoms with van der Waals surface area (Å²) in [7, 11) is -3.79. The lowest BCUT2D eigenvalue weighted by Crippen LogP contribution is -2.13. The molecule has 21 heavy (non-hydrogen) atoms. The van der Waals surface area contributed by atoms with Gasteiger partial charge in [-0.3, -0.25) is 0 Å². The van der Waals surface area contributed by atoms with E-state index in [1.807, 2.05) is 6.92 Å². The molecule has 2 rings (SSSR count). The number of sulfonamides is 1. The van der Waals surface area contributed by atoms with Gasteiger partial charge in [-0.25, -0.2) is 13.6 Å². The van der Waals surface area contributed by atoms with Gasteiger partial charge < -0.3 is 5.32 Å². The number of benzene rings is 1. The molecule has 1 unspecified atom stereocenters. The summed E-state index contributed by atoms with van der Waals surface area (Å²) in [6, 6.07) is 5.76. The van der Waals surface area contributed by atoms with Crippen molar-refractivity contribution in [1.29, 1.82) is 0 Å². The van der Waals surface area contributed by atoms with Gasteiger partial charge >= 0.3 is 0 Å². The van der Waals surface area contributed by atoms with Gasteiger partial charge in [-0.15, -0.1) is 11.3 Å². The largest absolute Gasteiger partial charge is 0.377 e. The predicted octanol–water partition coefficient (Wildman–Crippen LogP) is 4.53. The zero-order valence-corrected chi connectivity index (χ0v) is 14.6. The van der Waals surface area contributed by atoms with Crippen LogP contribution < -0.4 is 10.5 Å². The average molecular weight is 386 g/mol. The molecule has 1 aromatic heterocycles. The Morgan fingerprint density at radius 1 is 1.24 bits per heavy atom. The molecule has 1 heterocycles. The lowest BCUT2D eigenvalue weighted by molar-refractivity contribution is 0.598. The third-order valence-corrected chi connectivity index (χ3v) is 5.55. The summed E-state index contributed by atoms with van der Waals surface area (Å²) in [5.74, 6) is 0. The van der Waals surface area contributed by atoms with Gasteiger partial charge in [0, 0.05) is 5.56 Å². The Kier molecular flexibility index (Phi) is 5.07. The highest BCUT2D eigenvalue weighted by Crippen LogP contribution is 2.37. The van der Waals surface area contributed by atoms with Crippen LogP contribution in [0.4, 0.5) is 5.69 Å². The van der Waals surface area contributed by atoms with Gasteiger partial charge in [0.15, 0.2) is 0 Å². The number of halogens is 3. The molecule has 3 N–H and O–H groups in total. The summed E-state index contributed by atoms with van der Waals surface area (Å²) in [6.45, 7) is 1.87. The van der Waals surface area contributed by atoms with Gasteiger partial charge in [0.2, 0.25) is 10.0 Å². The van der Waals surface area contributed by atoms with Crippen molar-refractivity contribution in [2.75, 3.05) is 5.32 Å². The summed E-state index contributed by atoms with van der Waals surface area (Å²) < 4.78 is 23.9. The fourth-order valence-corrected chi connectivity index (χ4v) is 4.11. The minimum Gasteiger partial charge on any atom is -0.377 e. The lowest BCUT2D eigenvalue weighted by Gasteiger charge is -2.16. The van der Waals surface area contributed by atoms with Crippen molar-refractivity contribution in [2.45, 2.75) is 17.9 Å². The van der Waals surface area contributed by atoms with Crippen LogP contribution in [0.25, 0.3) is 0 Å². The molecule has 0 saturated heterocycles. The lowest BCUT2D eigenvalue weighted by atomic mass is 10.1. The molecule has 9 heteroatoms. The van der Waals surface area contributed by atoms with Crippen molar-refractivity contribution in [3.8, 4) is 0 Å². The van der Waals surface area contributed by atoms with Crippen LogP contribution in [-0.4, -0.2) is 8.42 Å². The normalized spacial score (nSPS) is 13.2. The third-order valence-electron chi connectivity index (χ3n) is 2.79. The van der Waals surface area contributed by atoms with Crippen LogP contribution in [0.5, 0.6) is 0 Å². The molecule has 0 amide bonds. The molecule has 0 aliphatic heterocycles. The van der Waals surface area contributed by atoms with Crippen LogP contribution in [0.15, 0.2) is 29.2 Å². The van der Waals surface area contributed by atoms with Gasteiger partial charge in [-0.2, -0.15) is 0 Å². The number of hydrogen-bond acceptors (Lipinski definition) is 4. The van der Waals surface area contributed by atoms with Crippen LogP contribution in [0.3, 0.4) is 0 Å². The molecule has 0 saturated carbocycles. The second-order valence-corrected chi connectivity index (χ2v) is 8.59. The van der Waals surface area contributed by atoms with E-state index >= 15 is 0 Å². The van der Waals surface area contributed by atoms with E-state index in [0.717, 1.165) is 5.56 Å². The summed E-state index contributed by atoms with van der Waals surface area (Å²) >= 11 is 19.3. The molecule has 1 aromatic carbocycles. The smallest absolute Gasteiger partial charge is 0.238 e. The van der Waals surface area contributed by atoms with Crippen molar-refractivity contribution >= 4 is 61.9 Å². The molecule has 1 atom stereocenters. The van der Waals surface area contributed by atoms with Gasteiger partial charge in [0.1, 0.15) is 0 Å². The van der Waals surface area contributed by atoms with Crippen molar-refractivity contribution < 1.29 is 8.42 Å². The molecule has 0 radical (unpaired) electrons. The number of anilines is 1. The zero-order valence-electron chi connectivity index (χ0n) is 10.7. The van der Waals surface area contributed by atoms with E-state index in [0.29, 0.717) is 19.4 Å².